The Morgan fingerprint density at radius 3 is 2.52 bits per heavy atom. The standard InChI is InChI=1S/C16H11Cl3N2O2/c1-9(23-15-7-12(18)11(17)6-13(15)19)16(22)21-14-5-3-2-4-10(14)8-20/h2-7,9H,1H3,(H,21,22). The Bertz CT molecular complexity index is 787. The van der Waals surface area contributed by atoms with Gasteiger partial charge in [0.15, 0.2) is 6.10 Å². The second-order valence-corrected chi connectivity index (χ2v) is 5.83. The fraction of sp³-hybridized carbons (Fsp3) is 0.125. The number of benzene rings is 2. The van der Waals surface area contributed by atoms with Crippen LogP contribution in [0.3, 0.4) is 0 Å². The lowest BCUT2D eigenvalue weighted by Crippen LogP contribution is -2.30. The second kappa shape index (κ2) is 7.56. The highest BCUT2D eigenvalue weighted by Gasteiger charge is 2.18. The van der Waals surface area contributed by atoms with Crippen molar-refractivity contribution in [1.29, 1.82) is 5.26 Å². The van der Waals surface area contributed by atoms with E-state index >= 15 is 0 Å². The van der Waals surface area contributed by atoms with Gasteiger partial charge in [0.25, 0.3) is 5.91 Å². The minimum Gasteiger partial charge on any atom is -0.479 e. The molecule has 0 saturated heterocycles. The number of ether oxygens (including phenoxy) is 1. The van der Waals surface area contributed by atoms with Gasteiger partial charge in [-0.05, 0) is 25.1 Å². The second-order valence-electron chi connectivity index (χ2n) is 4.60. The molecule has 0 aliphatic carbocycles. The van der Waals surface area contributed by atoms with Crippen molar-refractivity contribution in [3.05, 3.63) is 57.0 Å². The highest BCUT2D eigenvalue weighted by Crippen LogP contribution is 2.34. The number of nitrogens with zero attached hydrogens (tertiary/aromatic N) is 1. The van der Waals surface area contributed by atoms with Gasteiger partial charge in [-0.25, -0.2) is 0 Å². The first-order valence-electron chi connectivity index (χ1n) is 6.53. The largest absolute Gasteiger partial charge is 0.479 e. The van der Waals surface area contributed by atoms with Crippen molar-refractivity contribution >= 4 is 46.4 Å². The van der Waals surface area contributed by atoms with Crippen LogP contribution >= 0.6 is 34.8 Å². The van der Waals surface area contributed by atoms with E-state index in [0.717, 1.165) is 0 Å². The third-order valence-electron chi connectivity index (χ3n) is 2.95. The molecule has 0 aliphatic rings. The van der Waals surface area contributed by atoms with Crippen molar-refractivity contribution in [3.8, 4) is 11.8 Å². The predicted molar refractivity (Wildman–Crippen MR) is 91.3 cm³/mol. The fourth-order valence-electron chi connectivity index (χ4n) is 1.76. The van der Waals surface area contributed by atoms with E-state index in [0.29, 0.717) is 16.3 Å². The first-order chi connectivity index (χ1) is 10.9. The summed E-state index contributed by atoms with van der Waals surface area (Å²) in [7, 11) is 0. The average molecular weight is 370 g/mol. The van der Waals surface area contributed by atoms with Crippen molar-refractivity contribution in [3.63, 3.8) is 0 Å². The summed E-state index contributed by atoms with van der Waals surface area (Å²) in [6.07, 6.45) is -0.850. The highest BCUT2D eigenvalue weighted by molar-refractivity contribution is 6.43. The van der Waals surface area contributed by atoms with E-state index in [9.17, 15) is 4.79 Å². The number of hydrogen-bond donors (Lipinski definition) is 1. The molecule has 0 fully saturated rings. The number of halogens is 3. The zero-order chi connectivity index (χ0) is 17.0. The first kappa shape index (κ1) is 17.4. The van der Waals surface area contributed by atoms with E-state index in [1.807, 2.05) is 6.07 Å². The Labute approximate surface area is 148 Å². The maximum absolute atomic E-state index is 12.2. The Balaban J connectivity index is 2.12. The summed E-state index contributed by atoms with van der Waals surface area (Å²) in [5, 5.41) is 12.5. The summed E-state index contributed by atoms with van der Waals surface area (Å²) in [5.41, 5.74) is 0.774. The van der Waals surface area contributed by atoms with E-state index in [2.05, 4.69) is 5.32 Å². The topological polar surface area (TPSA) is 62.1 Å². The molecule has 0 saturated carbocycles. The summed E-state index contributed by atoms with van der Waals surface area (Å²) in [6.45, 7) is 1.56. The van der Waals surface area contributed by atoms with Crippen LogP contribution < -0.4 is 10.1 Å². The monoisotopic (exact) mass is 368 g/mol. The molecular weight excluding hydrogens is 359 g/mol. The number of nitrogens with one attached hydrogen (secondary N) is 1. The van der Waals surface area contributed by atoms with Crippen LogP contribution in [-0.2, 0) is 4.79 Å². The summed E-state index contributed by atoms with van der Waals surface area (Å²) in [4.78, 5) is 12.2. The molecule has 1 N–H and O–H groups in total. The van der Waals surface area contributed by atoms with E-state index in [-0.39, 0.29) is 15.8 Å². The summed E-state index contributed by atoms with van der Waals surface area (Å²) in [6, 6.07) is 11.6. The highest BCUT2D eigenvalue weighted by atomic mass is 35.5. The predicted octanol–water partition coefficient (Wildman–Crippen LogP) is 4.92. The SMILES string of the molecule is CC(Oc1cc(Cl)c(Cl)cc1Cl)C(=O)Nc1ccccc1C#N. The molecule has 0 spiro atoms. The van der Waals surface area contributed by atoms with Crippen LogP contribution in [0, 0.1) is 11.3 Å². The van der Waals surface area contributed by atoms with E-state index < -0.39 is 12.0 Å². The summed E-state index contributed by atoms with van der Waals surface area (Å²) in [5.74, 6) is -0.174. The number of para-hydroxylation sites is 1. The molecule has 0 aliphatic heterocycles. The molecule has 4 nitrogen and oxygen atoms in total. The van der Waals surface area contributed by atoms with Crippen LogP contribution in [0.5, 0.6) is 5.75 Å². The Morgan fingerprint density at radius 1 is 1.17 bits per heavy atom. The minimum absolute atomic E-state index is 0.247. The van der Waals surface area contributed by atoms with Gasteiger partial charge < -0.3 is 10.1 Å². The molecule has 7 heteroatoms. The molecule has 23 heavy (non-hydrogen) atoms. The van der Waals surface area contributed by atoms with Crippen molar-refractivity contribution in [2.45, 2.75) is 13.0 Å². The van der Waals surface area contributed by atoms with Crippen molar-refractivity contribution in [2.24, 2.45) is 0 Å². The molecule has 1 atom stereocenters. The van der Waals surface area contributed by atoms with Crippen LogP contribution in [-0.4, -0.2) is 12.0 Å². The number of rotatable bonds is 4. The number of nitriles is 1. The fourth-order valence-corrected chi connectivity index (χ4v) is 2.34. The molecule has 0 bridgehead atoms. The number of carbonyl (C=O) groups excluding carboxylic acids is 1. The van der Waals surface area contributed by atoms with Gasteiger partial charge in [-0.3, -0.25) is 4.79 Å². The molecule has 0 aromatic heterocycles. The van der Waals surface area contributed by atoms with Gasteiger partial charge in [-0.1, -0.05) is 46.9 Å². The number of hydrogen-bond acceptors (Lipinski definition) is 3. The van der Waals surface area contributed by atoms with Crippen molar-refractivity contribution in [1.82, 2.24) is 0 Å². The number of amides is 1. The van der Waals surface area contributed by atoms with E-state index in [1.165, 1.54) is 12.1 Å². The van der Waals surface area contributed by atoms with Crippen LogP contribution in [0.15, 0.2) is 36.4 Å². The maximum atomic E-state index is 12.2. The van der Waals surface area contributed by atoms with Crippen LogP contribution in [0.4, 0.5) is 5.69 Å². The number of carbonyl (C=O) groups is 1. The van der Waals surface area contributed by atoms with Gasteiger partial charge in [0.1, 0.15) is 11.8 Å². The Hall–Kier alpha value is -1.93. The van der Waals surface area contributed by atoms with Gasteiger partial charge in [0.2, 0.25) is 0 Å². The molecule has 118 valence electrons. The van der Waals surface area contributed by atoms with Crippen LogP contribution in [0.2, 0.25) is 15.1 Å². The maximum Gasteiger partial charge on any atom is 0.265 e. The molecule has 2 aromatic rings. The van der Waals surface area contributed by atoms with Gasteiger partial charge >= 0.3 is 0 Å². The average Bonchev–Trinajstić information content (AvgIpc) is 2.53. The number of anilines is 1. The summed E-state index contributed by atoms with van der Waals surface area (Å²) >= 11 is 17.8. The smallest absolute Gasteiger partial charge is 0.265 e. The lowest BCUT2D eigenvalue weighted by atomic mass is 10.2. The van der Waals surface area contributed by atoms with Gasteiger partial charge in [0.05, 0.1) is 26.3 Å². The first-order valence-corrected chi connectivity index (χ1v) is 7.67. The van der Waals surface area contributed by atoms with Gasteiger partial charge in [0, 0.05) is 6.07 Å². The molecule has 0 heterocycles. The molecule has 1 unspecified atom stereocenters. The molecule has 2 aromatic carbocycles. The molecule has 2 rings (SSSR count). The van der Waals surface area contributed by atoms with Gasteiger partial charge in [-0.15, -0.1) is 0 Å². The van der Waals surface area contributed by atoms with Crippen LogP contribution in [0.25, 0.3) is 0 Å². The lowest BCUT2D eigenvalue weighted by molar-refractivity contribution is -0.122. The van der Waals surface area contributed by atoms with Crippen molar-refractivity contribution in [2.75, 3.05) is 5.32 Å². The van der Waals surface area contributed by atoms with Gasteiger partial charge in [-0.2, -0.15) is 5.26 Å². The molecule has 1 amide bonds. The lowest BCUT2D eigenvalue weighted by Gasteiger charge is -2.16. The van der Waals surface area contributed by atoms with E-state index in [4.69, 9.17) is 44.8 Å². The van der Waals surface area contributed by atoms with Crippen LogP contribution in [0.1, 0.15) is 12.5 Å². The minimum atomic E-state index is -0.850. The third kappa shape index (κ3) is 4.29. The Morgan fingerprint density at radius 2 is 1.83 bits per heavy atom. The summed E-state index contributed by atoms with van der Waals surface area (Å²) < 4.78 is 5.52. The Kier molecular flexibility index (Phi) is 5.73. The van der Waals surface area contributed by atoms with E-state index in [1.54, 1.807) is 31.2 Å². The zero-order valence-corrected chi connectivity index (χ0v) is 14.2. The molecular formula is C16H11Cl3N2O2. The quantitative estimate of drug-likeness (QED) is 0.778. The van der Waals surface area contributed by atoms with Crippen molar-refractivity contribution < 1.29 is 9.53 Å². The zero-order valence-electron chi connectivity index (χ0n) is 11.9. The molecule has 0 radical (unpaired) electrons. The third-order valence-corrected chi connectivity index (χ3v) is 3.97. The normalized spacial score (nSPS) is 11.4.